The van der Waals surface area contributed by atoms with Crippen molar-refractivity contribution in [3.05, 3.63) is 0 Å². The third-order valence-electron chi connectivity index (χ3n) is 1.33. The molecule has 2 heteroatoms. The van der Waals surface area contributed by atoms with Gasteiger partial charge in [-0.25, -0.2) is 0 Å². The summed E-state index contributed by atoms with van der Waals surface area (Å²) >= 11 is 0.159. The van der Waals surface area contributed by atoms with Crippen LogP contribution in [0.2, 0.25) is 0 Å². The van der Waals surface area contributed by atoms with Gasteiger partial charge in [0.1, 0.15) is 0 Å². The van der Waals surface area contributed by atoms with Crippen molar-refractivity contribution < 1.29 is 0 Å². The first-order chi connectivity index (χ1) is 4.12. The summed E-state index contributed by atoms with van der Waals surface area (Å²) < 4.78 is 4.52. The molecule has 0 rings (SSSR count). The predicted octanol–water partition coefficient (Wildman–Crippen LogP) is 1.78. The van der Waals surface area contributed by atoms with Gasteiger partial charge >= 0.3 is 0 Å². The van der Waals surface area contributed by atoms with Crippen LogP contribution in [-0.2, 0) is 0 Å². The van der Waals surface area contributed by atoms with Crippen molar-refractivity contribution in [3.63, 3.8) is 0 Å². The summed E-state index contributed by atoms with van der Waals surface area (Å²) in [7, 11) is 2.00. The van der Waals surface area contributed by atoms with Crippen molar-refractivity contribution in [2.45, 2.75) is 23.7 Å². The maximum atomic E-state index is 3.99. The van der Waals surface area contributed by atoms with E-state index in [4.69, 9.17) is 0 Å². The van der Waals surface area contributed by atoms with E-state index in [0.29, 0.717) is 3.42 Å². The molecule has 0 saturated carbocycles. The Balaban J connectivity index is 3.45. The lowest BCUT2D eigenvalue weighted by molar-refractivity contribution is 0.628. The van der Waals surface area contributed by atoms with Gasteiger partial charge in [0.2, 0.25) is 0 Å². The summed E-state index contributed by atoms with van der Waals surface area (Å²) in [5.41, 5.74) is 0. The first-order valence-electron chi connectivity index (χ1n) is 3.16. The van der Waals surface area contributed by atoms with E-state index in [1.807, 2.05) is 7.05 Å². The van der Waals surface area contributed by atoms with Crippen LogP contribution in [0, 0.1) is 0 Å². The van der Waals surface area contributed by atoms with Gasteiger partial charge in [-0.2, -0.15) is 0 Å². The number of nitrogens with one attached hydrogen (secondary N) is 1. The Labute approximate surface area is 68.0 Å². The predicted molar refractivity (Wildman–Crippen MR) is 53.8 cm³/mol. The first-order valence-corrected chi connectivity index (χ1v) is 5.77. The lowest BCUT2D eigenvalue weighted by Crippen LogP contribution is -2.19. The van der Waals surface area contributed by atoms with E-state index >= 15 is 0 Å². The smallest absolute Gasteiger partial charge is 0.0125 e. The quantitative estimate of drug-likeness (QED) is 0.584. The van der Waals surface area contributed by atoms with Crippen LogP contribution in [0.1, 0.15) is 20.3 Å². The van der Waals surface area contributed by atoms with Gasteiger partial charge < -0.3 is 5.32 Å². The van der Waals surface area contributed by atoms with Gasteiger partial charge in [-0.1, -0.05) is 18.4 Å². The van der Waals surface area contributed by atoms with E-state index in [2.05, 4.69) is 23.7 Å². The zero-order valence-electron chi connectivity index (χ0n) is 6.50. The largest absolute Gasteiger partial charge is 0.320 e. The molecule has 0 spiro atoms. The summed E-state index contributed by atoms with van der Waals surface area (Å²) in [6.07, 6.45) is 1.26. The molecule has 0 heterocycles. The fourth-order valence-electron chi connectivity index (χ4n) is 0.489. The second-order valence-electron chi connectivity index (χ2n) is 2.71. The fraction of sp³-hybridized carbons (Fsp3) is 0.857. The topological polar surface area (TPSA) is 12.0 Å². The van der Waals surface area contributed by atoms with Gasteiger partial charge in [0.25, 0.3) is 0 Å². The molecule has 56 valence electrons. The van der Waals surface area contributed by atoms with Crippen molar-refractivity contribution in [2.75, 3.05) is 13.6 Å². The summed E-state index contributed by atoms with van der Waals surface area (Å²) in [5.74, 6) is 0. The Kier molecular flexibility index (Phi) is 4.66. The molecule has 0 aliphatic rings. The highest BCUT2D eigenvalue weighted by molar-refractivity contribution is 14.2. The maximum absolute atomic E-state index is 3.99. The average molecular weight is 241 g/mol. The minimum atomic E-state index is 0.159. The molecule has 0 aromatic carbocycles. The van der Waals surface area contributed by atoms with Crippen LogP contribution >= 0.6 is 20.7 Å². The Morgan fingerprint density at radius 1 is 1.56 bits per heavy atom. The molecule has 0 aliphatic heterocycles. The molecule has 1 N–H and O–H groups in total. The van der Waals surface area contributed by atoms with Gasteiger partial charge in [-0.3, -0.25) is 0 Å². The Bertz CT molecular complexity index is 88.9. The molecule has 0 saturated heterocycles. The van der Waals surface area contributed by atoms with E-state index in [-0.39, 0.29) is 20.7 Å². The molecule has 0 atom stereocenters. The minimum Gasteiger partial charge on any atom is -0.320 e. The molecular weight excluding hydrogens is 225 g/mol. The number of hydrogen-bond acceptors (Lipinski definition) is 1. The van der Waals surface area contributed by atoms with Gasteiger partial charge in [0, 0.05) is 3.42 Å². The Morgan fingerprint density at radius 2 is 2.11 bits per heavy atom. The van der Waals surface area contributed by atoms with E-state index in [1.54, 1.807) is 0 Å². The molecule has 0 fully saturated rings. The van der Waals surface area contributed by atoms with Crippen LogP contribution in [0.4, 0.5) is 0 Å². The van der Waals surface area contributed by atoms with Crippen molar-refractivity contribution in [1.82, 2.24) is 5.32 Å². The molecule has 0 aromatic heterocycles. The number of hydrogen-bond donors (Lipinski definition) is 1. The van der Waals surface area contributed by atoms with Gasteiger partial charge in [-0.15, -0.1) is 20.7 Å². The highest BCUT2D eigenvalue weighted by Gasteiger charge is 2.11. The van der Waals surface area contributed by atoms with Gasteiger partial charge in [0.15, 0.2) is 0 Å². The molecular formula is C7H16IN. The Morgan fingerprint density at radius 3 is 2.44 bits per heavy atom. The van der Waals surface area contributed by atoms with Crippen molar-refractivity contribution in [2.24, 2.45) is 0 Å². The second kappa shape index (κ2) is 4.39. The lowest BCUT2D eigenvalue weighted by atomic mass is 10.1. The SMILES string of the molecule is C=IC(C)(C)CCNC. The number of halogens is 1. The summed E-state index contributed by atoms with van der Waals surface area (Å²) in [5, 5.41) is 3.15. The highest BCUT2D eigenvalue weighted by Crippen LogP contribution is 2.24. The third kappa shape index (κ3) is 5.03. The van der Waals surface area contributed by atoms with E-state index in [0.717, 1.165) is 6.54 Å². The van der Waals surface area contributed by atoms with Crippen LogP contribution < -0.4 is 5.32 Å². The zero-order valence-corrected chi connectivity index (χ0v) is 8.66. The fourth-order valence-corrected chi connectivity index (χ4v) is 1.14. The standard InChI is InChI=1S/C7H16IN/c1-7(2,8-3)5-6-9-4/h9H,3,5-6H2,1-2,4H3. The van der Waals surface area contributed by atoms with Crippen molar-refractivity contribution in [3.8, 4) is 0 Å². The molecule has 0 bridgehead atoms. The highest BCUT2D eigenvalue weighted by atomic mass is 127. The third-order valence-corrected chi connectivity index (χ3v) is 3.94. The van der Waals surface area contributed by atoms with E-state index < -0.39 is 0 Å². The molecule has 0 radical (unpaired) electrons. The lowest BCUT2D eigenvalue weighted by Gasteiger charge is -2.17. The molecule has 0 aromatic rings. The van der Waals surface area contributed by atoms with E-state index in [9.17, 15) is 0 Å². The Hall–Kier alpha value is 0.560. The molecule has 1 nitrogen and oxygen atoms in total. The molecule has 9 heavy (non-hydrogen) atoms. The van der Waals surface area contributed by atoms with Gasteiger partial charge in [-0.05, 0) is 20.0 Å². The van der Waals surface area contributed by atoms with E-state index in [1.165, 1.54) is 6.42 Å². The van der Waals surface area contributed by atoms with Crippen molar-refractivity contribution in [1.29, 1.82) is 0 Å². The zero-order chi connectivity index (χ0) is 7.33. The molecule has 0 unspecified atom stereocenters. The van der Waals surface area contributed by atoms with Crippen LogP contribution in [0.25, 0.3) is 0 Å². The van der Waals surface area contributed by atoms with Crippen molar-refractivity contribution >= 4 is 25.2 Å². The maximum Gasteiger partial charge on any atom is 0.0125 e. The van der Waals surface area contributed by atoms with Gasteiger partial charge in [0.05, 0.1) is 0 Å². The second-order valence-corrected chi connectivity index (χ2v) is 6.39. The van der Waals surface area contributed by atoms with Crippen LogP contribution in [0.15, 0.2) is 0 Å². The molecule has 0 amide bonds. The molecule has 0 aliphatic carbocycles. The minimum absolute atomic E-state index is 0.159. The monoisotopic (exact) mass is 241 g/mol. The summed E-state index contributed by atoms with van der Waals surface area (Å²) in [6, 6.07) is 0. The number of rotatable bonds is 4. The average Bonchev–Trinajstić information content (AvgIpc) is 1.84. The van der Waals surface area contributed by atoms with Crippen LogP contribution in [-0.4, -0.2) is 21.5 Å². The summed E-state index contributed by atoms with van der Waals surface area (Å²) in [4.78, 5) is 0. The number of alkyl halides is 1. The van der Waals surface area contributed by atoms with Crippen LogP contribution in [0.5, 0.6) is 0 Å². The first kappa shape index (κ1) is 9.56. The van der Waals surface area contributed by atoms with Crippen LogP contribution in [0.3, 0.4) is 0 Å². The summed E-state index contributed by atoms with van der Waals surface area (Å²) in [6.45, 7) is 5.72. The normalized spacial score (nSPS) is 11.9.